The third kappa shape index (κ3) is 3.00. The average molecular weight is 313 g/mol. The lowest BCUT2D eigenvalue weighted by atomic mass is 9.66. The third-order valence-electron chi connectivity index (χ3n) is 5.42. The maximum Gasteiger partial charge on any atom is 0.0688 e. The zero-order chi connectivity index (χ0) is 14.2. The van der Waals surface area contributed by atoms with Gasteiger partial charge in [0.05, 0.1) is 15.6 Å². The first kappa shape index (κ1) is 14.7. The number of hydrogen-bond acceptors (Lipinski definition) is 1. The molecule has 20 heavy (non-hydrogen) atoms. The summed E-state index contributed by atoms with van der Waals surface area (Å²) in [5.41, 5.74) is 1.10. The van der Waals surface area contributed by atoms with Gasteiger partial charge in [0.2, 0.25) is 0 Å². The number of halogens is 2. The van der Waals surface area contributed by atoms with E-state index in [0.717, 1.165) is 18.4 Å². The van der Waals surface area contributed by atoms with Gasteiger partial charge in [0.25, 0.3) is 0 Å². The molecular weight excluding hydrogens is 291 g/mol. The van der Waals surface area contributed by atoms with Crippen LogP contribution in [-0.2, 0) is 6.42 Å². The summed E-state index contributed by atoms with van der Waals surface area (Å²) in [6, 6.07) is 5.69. The van der Waals surface area contributed by atoms with Crippen LogP contribution in [0.2, 0.25) is 10.0 Å². The minimum absolute atomic E-state index is 0.551. The van der Waals surface area contributed by atoms with Crippen molar-refractivity contribution in [3.05, 3.63) is 33.8 Å². The highest BCUT2D eigenvalue weighted by Crippen LogP contribution is 2.51. The van der Waals surface area contributed by atoms with E-state index < -0.39 is 5.60 Å². The van der Waals surface area contributed by atoms with Crippen LogP contribution in [-0.4, -0.2) is 10.7 Å². The van der Waals surface area contributed by atoms with Gasteiger partial charge in [-0.05, 0) is 61.6 Å². The summed E-state index contributed by atoms with van der Waals surface area (Å²) >= 11 is 12.0. The van der Waals surface area contributed by atoms with Crippen molar-refractivity contribution >= 4 is 23.2 Å². The Labute approximate surface area is 131 Å². The topological polar surface area (TPSA) is 20.2 Å². The van der Waals surface area contributed by atoms with Gasteiger partial charge in [0, 0.05) is 6.42 Å². The lowest BCUT2D eigenvalue weighted by molar-refractivity contribution is -0.0322. The monoisotopic (exact) mass is 312 g/mol. The second-order valence-corrected chi connectivity index (χ2v) is 7.67. The fraction of sp³-hybridized carbons (Fsp3) is 0.647. The summed E-state index contributed by atoms with van der Waals surface area (Å²) in [7, 11) is 0. The van der Waals surface area contributed by atoms with Crippen molar-refractivity contribution in [1.29, 1.82) is 0 Å². The Morgan fingerprint density at radius 2 is 1.55 bits per heavy atom. The molecule has 0 aromatic heterocycles. The van der Waals surface area contributed by atoms with E-state index in [1.165, 1.54) is 38.5 Å². The summed E-state index contributed by atoms with van der Waals surface area (Å²) in [6.07, 6.45) is 10.4. The maximum absolute atomic E-state index is 10.9. The standard InChI is InChI=1S/C17H22Cl2O/c18-14-4-3-13(11-15(14)19)12-17(20)9-7-16(8-10-17)5-1-2-6-16/h3-4,11,20H,1-2,5-10,12H2. The van der Waals surface area contributed by atoms with E-state index in [-0.39, 0.29) is 0 Å². The molecule has 1 aromatic carbocycles. The molecule has 0 radical (unpaired) electrons. The molecule has 0 amide bonds. The SMILES string of the molecule is OC1(Cc2ccc(Cl)c(Cl)c2)CCC2(CCCC2)CC1. The van der Waals surface area contributed by atoms with Gasteiger partial charge in [-0.1, -0.05) is 42.1 Å². The van der Waals surface area contributed by atoms with Crippen LogP contribution in [0.1, 0.15) is 56.9 Å². The van der Waals surface area contributed by atoms with Crippen molar-refractivity contribution in [1.82, 2.24) is 0 Å². The molecule has 3 rings (SSSR count). The molecular formula is C17H22Cl2O. The Morgan fingerprint density at radius 1 is 0.900 bits per heavy atom. The first-order valence-electron chi connectivity index (χ1n) is 7.67. The average Bonchev–Trinajstić information content (AvgIpc) is 2.87. The molecule has 0 unspecified atom stereocenters. The largest absolute Gasteiger partial charge is 0.390 e. The smallest absolute Gasteiger partial charge is 0.0688 e. The highest BCUT2D eigenvalue weighted by molar-refractivity contribution is 6.42. The fourth-order valence-electron chi connectivity index (χ4n) is 4.08. The molecule has 0 bridgehead atoms. The van der Waals surface area contributed by atoms with Crippen LogP contribution < -0.4 is 0 Å². The molecule has 3 heteroatoms. The van der Waals surface area contributed by atoms with Crippen LogP contribution in [0.4, 0.5) is 0 Å². The Balaban J connectivity index is 1.66. The summed E-state index contributed by atoms with van der Waals surface area (Å²) in [5.74, 6) is 0. The highest BCUT2D eigenvalue weighted by atomic mass is 35.5. The molecule has 2 aliphatic rings. The van der Waals surface area contributed by atoms with Gasteiger partial charge in [-0.2, -0.15) is 0 Å². The molecule has 0 saturated heterocycles. The van der Waals surface area contributed by atoms with Crippen molar-refractivity contribution < 1.29 is 5.11 Å². The van der Waals surface area contributed by atoms with Crippen LogP contribution in [0.25, 0.3) is 0 Å². The van der Waals surface area contributed by atoms with Crippen LogP contribution >= 0.6 is 23.2 Å². The molecule has 1 N–H and O–H groups in total. The number of rotatable bonds is 2. The van der Waals surface area contributed by atoms with Gasteiger partial charge in [0.15, 0.2) is 0 Å². The van der Waals surface area contributed by atoms with Crippen LogP contribution in [0.3, 0.4) is 0 Å². The first-order chi connectivity index (χ1) is 9.50. The van der Waals surface area contributed by atoms with Gasteiger partial charge in [-0.3, -0.25) is 0 Å². The minimum Gasteiger partial charge on any atom is -0.390 e. The molecule has 0 heterocycles. The van der Waals surface area contributed by atoms with Crippen molar-refractivity contribution in [2.75, 3.05) is 0 Å². The lowest BCUT2D eigenvalue weighted by Gasteiger charge is -2.42. The van der Waals surface area contributed by atoms with Crippen LogP contribution in [0, 0.1) is 5.41 Å². The second kappa shape index (κ2) is 5.51. The number of aliphatic hydroxyl groups is 1. The zero-order valence-electron chi connectivity index (χ0n) is 11.8. The second-order valence-electron chi connectivity index (χ2n) is 6.86. The Hall–Kier alpha value is -0.240. The first-order valence-corrected chi connectivity index (χ1v) is 8.42. The summed E-state index contributed by atoms with van der Waals surface area (Å²) in [6.45, 7) is 0. The van der Waals surface area contributed by atoms with E-state index in [1.54, 1.807) is 0 Å². The van der Waals surface area contributed by atoms with Crippen molar-refractivity contribution in [3.8, 4) is 0 Å². The summed E-state index contributed by atoms with van der Waals surface area (Å²) in [5, 5.41) is 12.0. The molecule has 1 spiro atoms. The molecule has 2 fully saturated rings. The molecule has 0 atom stereocenters. The Morgan fingerprint density at radius 3 is 2.15 bits per heavy atom. The number of benzene rings is 1. The molecule has 110 valence electrons. The third-order valence-corrected chi connectivity index (χ3v) is 6.16. The van der Waals surface area contributed by atoms with Crippen LogP contribution in [0.5, 0.6) is 0 Å². The highest BCUT2D eigenvalue weighted by Gasteiger charge is 2.42. The van der Waals surface area contributed by atoms with Gasteiger partial charge >= 0.3 is 0 Å². The van der Waals surface area contributed by atoms with E-state index in [4.69, 9.17) is 23.2 Å². The van der Waals surface area contributed by atoms with E-state index in [0.29, 0.717) is 21.9 Å². The quantitative estimate of drug-likeness (QED) is 0.775. The lowest BCUT2D eigenvalue weighted by Crippen LogP contribution is -2.39. The summed E-state index contributed by atoms with van der Waals surface area (Å²) < 4.78 is 0. The molecule has 1 aromatic rings. The molecule has 2 aliphatic carbocycles. The van der Waals surface area contributed by atoms with Crippen molar-refractivity contribution in [2.45, 2.75) is 63.4 Å². The normalized spacial score (nSPS) is 24.1. The maximum atomic E-state index is 10.9. The van der Waals surface area contributed by atoms with E-state index in [2.05, 4.69) is 0 Å². The number of hydrogen-bond donors (Lipinski definition) is 1. The van der Waals surface area contributed by atoms with Crippen molar-refractivity contribution in [3.63, 3.8) is 0 Å². The zero-order valence-corrected chi connectivity index (χ0v) is 13.3. The molecule has 0 aliphatic heterocycles. The van der Waals surface area contributed by atoms with Gasteiger partial charge in [-0.15, -0.1) is 0 Å². The Bertz CT molecular complexity index is 482. The van der Waals surface area contributed by atoms with Gasteiger partial charge < -0.3 is 5.11 Å². The Kier molecular flexibility index (Phi) is 4.05. The minimum atomic E-state index is -0.551. The summed E-state index contributed by atoms with van der Waals surface area (Å²) in [4.78, 5) is 0. The predicted octanol–water partition coefficient (Wildman–Crippen LogP) is 5.40. The van der Waals surface area contributed by atoms with Gasteiger partial charge in [0.1, 0.15) is 0 Å². The van der Waals surface area contributed by atoms with Crippen LogP contribution in [0.15, 0.2) is 18.2 Å². The van der Waals surface area contributed by atoms with Gasteiger partial charge in [-0.25, -0.2) is 0 Å². The molecule has 2 saturated carbocycles. The predicted molar refractivity (Wildman–Crippen MR) is 84.5 cm³/mol. The fourth-order valence-corrected chi connectivity index (χ4v) is 4.40. The van der Waals surface area contributed by atoms with E-state index >= 15 is 0 Å². The van der Waals surface area contributed by atoms with Crippen molar-refractivity contribution in [2.24, 2.45) is 5.41 Å². The molecule has 1 nitrogen and oxygen atoms in total. The van der Waals surface area contributed by atoms with E-state index in [9.17, 15) is 5.11 Å². The van der Waals surface area contributed by atoms with E-state index in [1.807, 2.05) is 18.2 Å².